The SMILES string of the molecule is Cc1nn(Cc2ccccc2F)c(C)c1NC(=O)c1cnn2c(C(F)(F)F)cc(-c3ccc(C(C)C)cc3)nc12. The summed E-state index contributed by atoms with van der Waals surface area (Å²) in [5.74, 6) is -0.823. The van der Waals surface area contributed by atoms with Crippen molar-refractivity contribution >= 4 is 17.2 Å². The largest absolute Gasteiger partial charge is 0.433 e. The highest BCUT2D eigenvalue weighted by atomic mass is 19.4. The molecule has 0 atom stereocenters. The molecule has 0 saturated heterocycles. The molecule has 0 spiro atoms. The maximum absolute atomic E-state index is 14.2. The quantitative estimate of drug-likeness (QED) is 0.236. The van der Waals surface area contributed by atoms with Crippen molar-refractivity contribution in [1.82, 2.24) is 24.4 Å². The molecule has 0 radical (unpaired) electrons. The van der Waals surface area contributed by atoms with Crippen LogP contribution in [0.25, 0.3) is 16.9 Å². The van der Waals surface area contributed by atoms with Gasteiger partial charge in [-0.3, -0.25) is 9.48 Å². The molecule has 0 bridgehead atoms. The lowest BCUT2D eigenvalue weighted by Crippen LogP contribution is -2.16. The normalized spacial score (nSPS) is 11.9. The third-order valence-corrected chi connectivity index (χ3v) is 6.78. The minimum atomic E-state index is -4.74. The number of nitrogens with zero attached hydrogens (tertiary/aromatic N) is 5. The Morgan fingerprint density at radius 3 is 2.40 bits per heavy atom. The van der Waals surface area contributed by atoms with Crippen LogP contribution in [-0.4, -0.2) is 30.3 Å². The van der Waals surface area contributed by atoms with Gasteiger partial charge in [0.2, 0.25) is 0 Å². The van der Waals surface area contributed by atoms with Gasteiger partial charge in [-0.2, -0.15) is 23.4 Å². The number of benzene rings is 2. The van der Waals surface area contributed by atoms with E-state index in [0.717, 1.165) is 17.8 Å². The zero-order valence-corrected chi connectivity index (χ0v) is 22.2. The van der Waals surface area contributed by atoms with Crippen molar-refractivity contribution in [3.8, 4) is 11.3 Å². The first-order valence-corrected chi connectivity index (χ1v) is 12.6. The average Bonchev–Trinajstić information content (AvgIpc) is 3.45. The Balaban J connectivity index is 1.52. The number of hydrogen-bond donors (Lipinski definition) is 1. The summed E-state index contributed by atoms with van der Waals surface area (Å²) in [7, 11) is 0. The smallest absolute Gasteiger partial charge is 0.319 e. The Morgan fingerprint density at radius 1 is 1.05 bits per heavy atom. The first kappa shape index (κ1) is 27.0. The molecular weight excluding hydrogens is 524 g/mol. The first-order chi connectivity index (χ1) is 18.9. The number of halogens is 4. The summed E-state index contributed by atoms with van der Waals surface area (Å²) in [6.07, 6.45) is -3.68. The predicted octanol–water partition coefficient (Wildman–Crippen LogP) is 6.79. The van der Waals surface area contributed by atoms with Crippen LogP contribution in [0.15, 0.2) is 60.8 Å². The molecule has 0 fully saturated rings. The van der Waals surface area contributed by atoms with E-state index < -0.39 is 17.8 Å². The maximum Gasteiger partial charge on any atom is 0.433 e. The molecule has 3 aromatic heterocycles. The van der Waals surface area contributed by atoms with E-state index >= 15 is 0 Å². The van der Waals surface area contributed by atoms with Crippen LogP contribution in [0.4, 0.5) is 23.2 Å². The van der Waals surface area contributed by atoms with E-state index in [1.807, 2.05) is 26.0 Å². The fourth-order valence-electron chi connectivity index (χ4n) is 4.51. The Kier molecular flexibility index (Phi) is 6.91. The van der Waals surface area contributed by atoms with E-state index in [1.54, 1.807) is 48.9 Å². The number of carbonyl (C=O) groups is 1. The number of nitrogens with one attached hydrogen (secondary N) is 1. The fraction of sp³-hybridized carbons (Fsp3) is 0.241. The molecule has 40 heavy (non-hydrogen) atoms. The van der Waals surface area contributed by atoms with Gasteiger partial charge in [0.25, 0.3) is 5.91 Å². The Bertz CT molecular complexity index is 1720. The highest BCUT2D eigenvalue weighted by molar-refractivity contribution is 6.08. The fourth-order valence-corrected chi connectivity index (χ4v) is 4.51. The summed E-state index contributed by atoms with van der Waals surface area (Å²) < 4.78 is 58.4. The number of aromatic nitrogens is 5. The lowest BCUT2D eigenvalue weighted by molar-refractivity contribution is -0.142. The van der Waals surface area contributed by atoms with Crippen molar-refractivity contribution in [2.75, 3.05) is 5.32 Å². The molecule has 5 aromatic rings. The predicted molar refractivity (Wildman–Crippen MR) is 143 cm³/mol. The molecule has 3 heterocycles. The van der Waals surface area contributed by atoms with Crippen LogP contribution in [0.3, 0.4) is 0 Å². The minimum Gasteiger partial charge on any atom is -0.319 e. The van der Waals surface area contributed by atoms with Gasteiger partial charge >= 0.3 is 6.18 Å². The van der Waals surface area contributed by atoms with Gasteiger partial charge in [0.05, 0.1) is 35.5 Å². The monoisotopic (exact) mass is 550 g/mol. The standard InChI is InChI=1S/C29H26F4N6O/c1-16(2)19-9-11-20(12-10-19)24-13-25(29(31,32)33)39-27(35-24)22(14-34-39)28(40)36-26-17(3)37-38(18(26)4)15-21-7-5-6-8-23(21)30/h5-14,16H,15H2,1-4H3,(H,36,40). The van der Waals surface area contributed by atoms with Crippen LogP contribution in [0, 0.1) is 19.7 Å². The molecule has 0 aliphatic carbocycles. The molecule has 2 aromatic carbocycles. The maximum atomic E-state index is 14.2. The minimum absolute atomic E-state index is 0.0646. The number of hydrogen-bond acceptors (Lipinski definition) is 4. The molecular formula is C29H26F4N6O. The lowest BCUT2D eigenvalue weighted by Gasteiger charge is -2.12. The summed E-state index contributed by atoms with van der Waals surface area (Å²) in [6.45, 7) is 7.57. The van der Waals surface area contributed by atoms with E-state index in [-0.39, 0.29) is 35.2 Å². The van der Waals surface area contributed by atoms with Gasteiger partial charge in [0.1, 0.15) is 11.4 Å². The molecule has 1 amide bonds. The van der Waals surface area contributed by atoms with Crippen molar-refractivity contribution in [3.05, 3.63) is 100 Å². The van der Waals surface area contributed by atoms with E-state index in [9.17, 15) is 22.4 Å². The number of fused-ring (bicyclic) bond motifs is 1. The Hall–Kier alpha value is -4.54. The number of carbonyl (C=O) groups excluding carboxylic acids is 1. The van der Waals surface area contributed by atoms with Crippen LogP contribution in [0.1, 0.15) is 58.3 Å². The van der Waals surface area contributed by atoms with Gasteiger partial charge in [0.15, 0.2) is 11.3 Å². The van der Waals surface area contributed by atoms with Gasteiger partial charge in [-0.25, -0.2) is 13.9 Å². The van der Waals surface area contributed by atoms with E-state index in [1.165, 1.54) is 6.07 Å². The number of alkyl halides is 3. The van der Waals surface area contributed by atoms with Gasteiger partial charge in [-0.15, -0.1) is 0 Å². The second-order valence-electron chi connectivity index (χ2n) is 9.84. The number of anilines is 1. The Labute approximate surface area is 227 Å². The third kappa shape index (κ3) is 5.06. The van der Waals surface area contributed by atoms with Crippen molar-refractivity contribution in [1.29, 1.82) is 0 Å². The molecule has 0 unspecified atom stereocenters. The van der Waals surface area contributed by atoms with Gasteiger partial charge < -0.3 is 5.32 Å². The first-order valence-electron chi connectivity index (χ1n) is 12.6. The van der Waals surface area contributed by atoms with E-state index in [0.29, 0.717) is 32.7 Å². The Morgan fingerprint density at radius 2 is 1.75 bits per heavy atom. The third-order valence-electron chi connectivity index (χ3n) is 6.78. The second kappa shape index (κ2) is 10.2. The molecule has 206 valence electrons. The van der Waals surface area contributed by atoms with E-state index in [2.05, 4.69) is 20.5 Å². The molecule has 1 N–H and O–H groups in total. The van der Waals surface area contributed by atoms with Crippen molar-refractivity contribution in [2.24, 2.45) is 0 Å². The van der Waals surface area contributed by atoms with Crippen LogP contribution >= 0.6 is 0 Å². The lowest BCUT2D eigenvalue weighted by atomic mass is 10.0. The molecule has 0 aliphatic rings. The topological polar surface area (TPSA) is 77.1 Å². The van der Waals surface area contributed by atoms with Crippen molar-refractivity contribution in [2.45, 2.75) is 46.3 Å². The number of amides is 1. The van der Waals surface area contributed by atoms with Crippen LogP contribution in [0.5, 0.6) is 0 Å². The molecule has 0 aliphatic heterocycles. The molecule has 7 nitrogen and oxygen atoms in total. The van der Waals surface area contributed by atoms with Gasteiger partial charge in [0, 0.05) is 11.1 Å². The van der Waals surface area contributed by atoms with Crippen LogP contribution in [0.2, 0.25) is 0 Å². The summed E-state index contributed by atoms with van der Waals surface area (Å²) in [6, 6.07) is 14.3. The zero-order valence-electron chi connectivity index (χ0n) is 22.2. The summed E-state index contributed by atoms with van der Waals surface area (Å²) >= 11 is 0. The summed E-state index contributed by atoms with van der Waals surface area (Å²) in [4.78, 5) is 17.8. The van der Waals surface area contributed by atoms with Crippen molar-refractivity contribution in [3.63, 3.8) is 0 Å². The molecule has 0 saturated carbocycles. The van der Waals surface area contributed by atoms with Crippen molar-refractivity contribution < 1.29 is 22.4 Å². The summed E-state index contributed by atoms with van der Waals surface area (Å²) in [5.41, 5.74) is 1.98. The van der Waals surface area contributed by atoms with Crippen LogP contribution in [-0.2, 0) is 12.7 Å². The van der Waals surface area contributed by atoms with E-state index in [4.69, 9.17) is 0 Å². The van der Waals surface area contributed by atoms with Crippen LogP contribution < -0.4 is 5.32 Å². The second-order valence-corrected chi connectivity index (χ2v) is 9.84. The highest BCUT2D eigenvalue weighted by Gasteiger charge is 2.36. The molecule has 5 rings (SSSR count). The average molecular weight is 551 g/mol. The number of rotatable bonds is 6. The zero-order chi connectivity index (χ0) is 28.8. The van der Waals surface area contributed by atoms with Gasteiger partial charge in [-0.1, -0.05) is 56.3 Å². The highest BCUT2D eigenvalue weighted by Crippen LogP contribution is 2.33. The summed E-state index contributed by atoms with van der Waals surface area (Å²) in [5, 5.41) is 11.0. The van der Waals surface area contributed by atoms with Gasteiger partial charge in [-0.05, 0) is 37.5 Å². The molecule has 11 heteroatoms. The number of aryl methyl sites for hydroxylation is 1.